The first-order valence-electron chi connectivity index (χ1n) is 23.1. The molecule has 0 spiro atoms. The Hall–Kier alpha value is -7.02. The number of amides is 5. The minimum atomic E-state index is -0.779. The van der Waals surface area contributed by atoms with Crippen molar-refractivity contribution in [1.29, 1.82) is 0 Å². The fraction of sp³-hybridized carbons (Fsp3) is 0.447. The second-order valence-electron chi connectivity index (χ2n) is 17.4. The van der Waals surface area contributed by atoms with Crippen molar-refractivity contribution in [2.24, 2.45) is 5.92 Å². The maximum absolute atomic E-state index is 13.6. The van der Waals surface area contributed by atoms with Crippen molar-refractivity contribution in [2.75, 3.05) is 73.4 Å². The molecule has 4 aliphatic rings. The number of aromatic nitrogens is 4. The number of imide groups is 1. The topological polar surface area (TPSA) is 206 Å². The Morgan fingerprint density at radius 1 is 0.848 bits per heavy atom. The molecule has 0 bridgehead atoms. The number of carbonyl (C=O) groups is 5. The number of hydrogen-bond acceptors (Lipinski definition) is 14. The van der Waals surface area contributed by atoms with Gasteiger partial charge >= 0.3 is 0 Å². The fourth-order valence-electron chi connectivity index (χ4n) is 9.40. The van der Waals surface area contributed by atoms with Crippen LogP contribution in [0, 0.1) is 5.92 Å². The van der Waals surface area contributed by atoms with Gasteiger partial charge in [0.05, 0.1) is 24.1 Å². The van der Waals surface area contributed by atoms with Crippen LogP contribution < -0.4 is 31.2 Å². The normalized spacial score (nSPS) is 18.3. The van der Waals surface area contributed by atoms with E-state index < -0.39 is 11.9 Å². The van der Waals surface area contributed by atoms with Crippen molar-refractivity contribution >= 4 is 58.2 Å². The minimum absolute atomic E-state index is 0.0614. The maximum Gasteiger partial charge on any atom is 0.272 e. The molecule has 2 aromatic carbocycles. The molecular formula is C47H57N13O6. The summed E-state index contributed by atoms with van der Waals surface area (Å²) in [5, 5.41) is 20.1. The zero-order valence-electron chi connectivity index (χ0n) is 37.3. The highest BCUT2D eigenvalue weighted by atomic mass is 16.3. The van der Waals surface area contributed by atoms with Crippen molar-refractivity contribution in [3.63, 3.8) is 0 Å². The van der Waals surface area contributed by atoms with Crippen molar-refractivity contribution in [3.8, 4) is 11.1 Å². The molecule has 0 radical (unpaired) electrons. The van der Waals surface area contributed by atoms with Gasteiger partial charge in [-0.05, 0) is 80.1 Å². The number of fused-ring (bicyclic) bond motifs is 2. The van der Waals surface area contributed by atoms with Crippen molar-refractivity contribution in [2.45, 2.75) is 76.8 Å². The molecule has 0 saturated carbocycles. The lowest BCUT2D eigenvalue weighted by atomic mass is 9.95. The van der Waals surface area contributed by atoms with Gasteiger partial charge in [-0.15, -0.1) is 15.3 Å². The summed E-state index contributed by atoms with van der Waals surface area (Å²) >= 11 is 0. The maximum atomic E-state index is 13.6. The van der Waals surface area contributed by atoms with Crippen molar-refractivity contribution in [3.05, 3.63) is 84.7 Å². The molecule has 4 N–H and O–H groups in total. The van der Waals surface area contributed by atoms with E-state index >= 15 is 0 Å². The van der Waals surface area contributed by atoms with Crippen molar-refractivity contribution in [1.82, 2.24) is 45.2 Å². The molecule has 9 rings (SSSR count). The predicted octanol–water partition coefficient (Wildman–Crippen LogP) is 4.45. The van der Waals surface area contributed by atoms with E-state index in [4.69, 9.17) is 4.42 Å². The van der Waals surface area contributed by atoms with Gasteiger partial charge in [0.25, 0.3) is 11.8 Å². The number of anilines is 4. The molecule has 66 heavy (non-hydrogen) atoms. The van der Waals surface area contributed by atoms with E-state index in [0.29, 0.717) is 81.4 Å². The summed E-state index contributed by atoms with van der Waals surface area (Å²) in [4.78, 5) is 75.2. The highest BCUT2D eigenvalue weighted by Gasteiger charge is 2.41. The zero-order valence-corrected chi connectivity index (χ0v) is 37.3. The van der Waals surface area contributed by atoms with Crippen LogP contribution in [0.1, 0.15) is 80.3 Å². The average molecular weight is 900 g/mol. The molecule has 5 aromatic rings. The van der Waals surface area contributed by atoms with E-state index in [2.05, 4.69) is 70.6 Å². The molecule has 4 aliphatic heterocycles. The van der Waals surface area contributed by atoms with E-state index in [1.807, 2.05) is 45.8 Å². The largest absolute Gasteiger partial charge is 0.467 e. The second kappa shape index (κ2) is 20.0. The molecule has 7 heterocycles. The number of piperidine rings is 2. The van der Waals surface area contributed by atoms with Crippen LogP contribution in [0.5, 0.6) is 0 Å². The number of unbranched alkanes of at least 4 members (excludes halogenated alkanes) is 4. The molecule has 19 nitrogen and oxygen atoms in total. The number of piperazine rings is 1. The second-order valence-corrected chi connectivity index (χ2v) is 17.4. The van der Waals surface area contributed by atoms with Crippen LogP contribution in [0.4, 0.5) is 23.0 Å². The van der Waals surface area contributed by atoms with Crippen LogP contribution in [-0.2, 0) is 25.7 Å². The third kappa shape index (κ3) is 9.80. The number of nitrogens with one attached hydrogen (secondary N) is 4. The van der Waals surface area contributed by atoms with Gasteiger partial charge in [0, 0.05) is 94.8 Å². The first-order valence-corrected chi connectivity index (χ1v) is 23.1. The molecule has 346 valence electrons. The van der Waals surface area contributed by atoms with Gasteiger partial charge < -0.3 is 35.2 Å². The fourth-order valence-corrected chi connectivity index (χ4v) is 9.40. The average Bonchev–Trinajstić information content (AvgIpc) is 4.06. The van der Waals surface area contributed by atoms with E-state index in [-0.39, 0.29) is 42.4 Å². The first kappa shape index (κ1) is 44.2. The number of nitrogens with zero attached hydrogens (tertiary/aromatic N) is 9. The SMILES string of the molecule is CN1Nc2ccc(N3CCC(C(=O)NCCCCCCCC(=O)N4CCN(c5ccc(-c6cnc(NCc7ccco7)n7cnnc67)cc5)CC4)CC3)cc2C(=O)N1C1CCC(=O)NC1=O. The van der Waals surface area contributed by atoms with Crippen LogP contribution in [-0.4, -0.2) is 123 Å². The molecule has 19 heteroatoms. The van der Waals surface area contributed by atoms with Crippen LogP contribution in [0.25, 0.3) is 16.8 Å². The van der Waals surface area contributed by atoms with Gasteiger partial charge in [-0.1, -0.05) is 31.4 Å². The number of hydrazine groups is 2. The summed E-state index contributed by atoms with van der Waals surface area (Å²) in [6, 6.07) is 17.0. The van der Waals surface area contributed by atoms with Gasteiger partial charge in [0.1, 0.15) is 18.1 Å². The van der Waals surface area contributed by atoms with Gasteiger partial charge in [0.15, 0.2) is 5.65 Å². The lowest BCUT2D eigenvalue weighted by Gasteiger charge is -2.42. The smallest absolute Gasteiger partial charge is 0.272 e. The van der Waals surface area contributed by atoms with Gasteiger partial charge in [-0.25, -0.2) is 9.99 Å². The van der Waals surface area contributed by atoms with Crippen LogP contribution in [0.2, 0.25) is 0 Å². The van der Waals surface area contributed by atoms with E-state index in [9.17, 15) is 24.0 Å². The quantitative estimate of drug-likeness (QED) is 0.0798. The van der Waals surface area contributed by atoms with Crippen LogP contribution in [0.3, 0.4) is 0 Å². The summed E-state index contributed by atoms with van der Waals surface area (Å²) in [6.07, 6.45) is 12.3. The predicted molar refractivity (Wildman–Crippen MR) is 247 cm³/mol. The Morgan fingerprint density at radius 3 is 2.38 bits per heavy atom. The van der Waals surface area contributed by atoms with Gasteiger partial charge in [0.2, 0.25) is 23.7 Å². The molecule has 5 amide bonds. The summed E-state index contributed by atoms with van der Waals surface area (Å²) in [5.41, 5.74) is 8.87. The Morgan fingerprint density at radius 2 is 1.61 bits per heavy atom. The lowest BCUT2D eigenvalue weighted by molar-refractivity contribution is -0.141. The van der Waals surface area contributed by atoms with Crippen LogP contribution in [0.15, 0.2) is 77.8 Å². The Kier molecular flexibility index (Phi) is 13.4. The number of benzene rings is 2. The molecular weight excluding hydrogens is 843 g/mol. The zero-order chi connectivity index (χ0) is 45.6. The van der Waals surface area contributed by atoms with Crippen molar-refractivity contribution < 1.29 is 28.4 Å². The molecule has 1 unspecified atom stereocenters. The summed E-state index contributed by atoms with van der Waals surface area (Å²) in [5.74, 6) is 0.565. The van der Waals surface area contributed by atoms with E-state index in [1.165, 1.54) is 10.1 Å². The summed E-state index contributed by atoms with van der Waals surface area (Å²) in [6.45, 7) is 5.49. The number of furan rings is 1. The third-order valence-electron chi connectivity index (χ3n) is 13.2. The number of rotatable bonds is 16. The monoisotopic (exact) mass is 899 g/mol. The Labute approximate surface area is 382 Å². The highest BCUT2D eigenvalue weighted by molar-refractivity contribution is 6.06. The lowest BCUT2D eigenvalue weighted by Crippen LogP contribution is -2.62. The standard InChI is InChI=1S/C47H57N13O6/c1-55-54-39-15-14-35(28-37(39)46(65)60(55)40-16-17-41(61)52-45(40)64)56-21-18-33(19-22-56)44(63)48-20-6-4-2-3-5-9-42(62)58-25-23-57(24-26-58)34-12-10-32(11-13-34)38-30-50-47(59-31-51-53-43(38)59)49-29-36-8-7-27-66-36/h7-8,10-15,27-28,30-31,33,40,54H,2-6,9,16-26,29H2,1H3,(H,48,63)(H,49,50)(H,52,61,64). The van der Waals surface area contributed by atoms with Gasteiger partial charge in [-0.2, -0.15) is 0 Å². The third-order valence-corrected chi connectivity index (χ3v) is 13.2. The minimum Gasteiger partial charge on any atom is -0.467 e. The molecule has 0 aliphatic carbocycles. The van der Waals surface area contributed by atoms with Gasteiger partial charge in [-0.3, -0.25) is 33.7 Å². The number of hydrogen-bond donors (Lipinski definition) is 4. The number of carbonyl (C=O) groups excluding carboxylic acids is 5. The van der Waals surface area contributed by atoms with E-state index in [1.54, 1.807) is 19.6 Å². The summed E-state index contributed by atoms with van der Waals surface area (Å²) in [7, 11) is 1.67. The summed E-state index contributed by atoms with van der Waals surface area (Å²) < 4.78 is 7.26. The first-order chi connectivity index (χ1) is 32.2. The van der Waals surface area contributed by atoms with E-state index in [0.717, 1.165) is 73.5 Å². The highest BCUT2D eigenvalue weighted by Crippen LogP contribution is 2.33. The molecule has 3 fully saturated rings. The molecule has 1 atom stereocenters. The molecule has 3 aromatic heterocycles. The Balaban J connectivity index is 0.636. The Bertz CT molecular complexity index is 2530. The van der Waals surface area contributed by atoms with Crippen LogP contribution >= 0.6 is 0 Å². The molecule has 3 saturated heterocycles.